The molecule has 0 amide bonds. The lowest BCUT2D eigenvalue weighted by Crippen LogP contribution is -2.69. The highest BCUT2D eigenvalue weighted by Crippen LogP contribution is 2.43. The Morgan fingerprint density at radius 3 is 2.39 bits per heavy atom. The maximum atomic E-state index is 6.34. The van der Waals surface area contributed by atoms with Crippen LogP contribution >= 0.6 is 0 Å². The molecule has 0 spiro atoms. The molecular weight excluding hydrogens is 226 g/mol. The summed E-state index contributed by atoms with van der Waals surface area (Å²) in [5.74, 6) is 1.48. The summed E-state index contributed by atoms with van der Waals surface area (Å²) in [6.45, 7) is 5.97. The minimum Gasteiger partial charge on any atom is -0.336 e. The summed E-state index contributed by atoms with van der Waals surface area (Å²) in [6, 6.07) is 0. The quantitative estimate of drug-likeness (QED) is 0.857. The van der Waals surface area contributed by atoms with Gasteiger partial charge in [-0.2, -0.15) is 5.10 Å². The Kier molecular flexibility index (Phi) is 2.73. The monoisotopic (exact) mass is 247 g/mol. The zero-order valence-electron chi connectivity index (χ0n) is 11.2. The van der Waals surface area contributed by atoms with E-state index in [0.717, 1.165) is 49.2 Å². The molecule has 1 aromatic heterocycles. The van der Waals surface area contributed by atoms with Crippen molar-refractivity contribution in [3.8, 4) is 0 Å². The number of anilines is 1. The third-order valence-corrected chi connectivity index (χ3v) is 4.14. The van der Waals surface area contributed by atoms with Crippen molar-refractivity contribution >= 4 is 5.95 Å². The second-order valence-corrected chi connectivity index (χ2v) is 5.58. The van der Waals surface area contributed by atoms with Crippen LogP contribution in [0.25, 0.3) is 0 Å². The van der Waals surface area contributed by atoms with Crippen LogP contribution in [-0.4, -0.2) is 33.8 Å². The van der Waals surface area contributed by atoms with Crippen molar-refractivity contribution in [1.82, 2.24) is 15.2 Å². The van der Waals surface area contributed by atoms with Gasteiger partial charge in [-0.05, 0) is 31.6 Å². The Balaban J connectivity index is 1.74. The fourth-order valence-corrected chi connectivity index (χ4v) is 2.78. The molecule has 3 rings (SSSR count). The normalized spacial score (nSPS) is 21.8. The molecule has 1 aromatic rings. The fourth-order valence-electron chi connectivity index (χ4n) is 2.78. The van der Waals surface area contributed by atoms with Crippen LogP contribution in [-0.2, 0) is 12.8 Å². The van der Waals surface area contributed by atoms with E-state index >= 15 is 0 Å². The zero-order chi connectivity index (χ0) is 12.8. The van der Waals surface area contributed by atoms with Gasteiger partial charge in [0.15, 0.2) is 0 Å². The van der Waals surface area contributed by atoms with E-state index in [9.17, 15) is 0 Å². The van der Waals surface area contributed by atoms with E-state index in [0.29, 0.717) is 0 Å². The Morgan fingerprint density at radius 1 is 1.17 bits per heavy atom. The molecule has 98 valence electrons. The van der Waals surface area contributed by atoms with Crippen molar-refractivity contribution < 1.29 is 0 Å². The average Bonchev–Trinajstić information content (AvgIpc) is 3.18. The second-order valence-electron chi connectivity index (χ2n) is 5.58. The molecule has 2 heterocycles. The van der Waals surface area contributed by atoms with Gasteiger partial charge in [0.1, 0.15) is 0 Å². The molecule has 18 heavy (non-hydrogen) atoms. The molecule has 1 saturated carbocycles. The summed E-state index contributed by atoms with van der Waals surface area (Å²) in [6.07, 6.45) is 4.39. The largest absolute Gasteiger partial charge is 0.336 e. The molecule has 0 bridgehead atoms. The predicted octanol–water partition coefficient (Wildman–Crippen LogP) is 0.924. The van der Waals surface area contributed by atoms with Gasteiger partial charge in [0, 0.05) is 13.1 Å². The van der Waals surface area contributed by atoms with Crippen LogP contribution in [0.15, 0.2) is 0 Å². The number of rotatable bonds is 4. The van der Waals surface area contributed by atoms with E-state index in [1.807, 2.05) is 0 Å². The lowest BCUT2D eigenvalue weighted by atomic mass is 9.86. The van der Waals surface area contributed by atoms with Gasteiger partial charge >= 0.3 is 0 Å². The predicted molar refractivity (Wildman–Crippen MR) is 70.4 cm³/mol. The maximum absolute atomic E-state index is 6.34. The molecule has 1 aliphatic carbocycles. The summed E-state index contributed by atoms with van der Waals surface area (Å²) in [5.41, 5.74) is 8.45. The highest BCUT2D eigenvalue weighted by Gasteiger charge is 2.51. The third-order valence-electron chi connectivity index (χ3n) is 4.14. The van der Waals surface area contributed by atoms with E-state index < -0.39 is 0 Å². The molecule has 2 fully saturated rings. The van der Waals surface area contributed by atoms with Gasteiger partial charge in [0.2, 0.25) is 5.95 Å². The molecule has 1 saturated heterocycles. The van der Waals surface area contributed by atoms with E-state index in [1.165, 1.54) is 12.8 Å². The Morgan fingerprint density at radius 2 is 1.83 bits per heavy atom. The Labute approximate surface area is 108 Å². The van der Waals surface area contributed by atoms with Crippen molar-refractivity contribution in [2.45, 2.75) is 45.1 Å². The highest BCUT2D eigenvalue weighted by molar-refractivity contribution is 5.39. The summed E-state index contributed by atoms with van der Waals surface area (Å²) >= 11 is 0. The molecule has 5 nitrogen and oxygen atoms in total. The summed E-state index contributed by atoms with van der Waals surface area (Å²) in [4.78, 5) is 6.78. The molecule has 0 radical (unpaired) electrons. The molecular formula is C13H21N5. The molecule has 1 aliphatic heterocycles. The SMILES string of the molecule is CCc1nnc(N2CC(N)(C3CC3)C2)nc1CC. The van der Waals surface area contributed by atoms with Crippen LogP contribution in [0.3, 0.4) is 0 Å². The van der Waals surface area contributed by atoms with Gasteiger partial charge in [0.05, 0.1) is 16.9 Å². The Hall–Kier alpha value is -1.23. The second kappa shape index (κ2) is 4.16. The minimum atomic E-state index is 0.0131. The van der Waals surface area contributed by atoms with Crippen molar-refractivity contribution in [2.24, 2.45) is 11.7 Å². The first-order valence-electron chi connectivity index (χ1n) is 6.92. The third kappa shape index (κ3) is 1.86. The van der Waals surface area contributed by atoms with Gasteiger partial charge in [0.25, 0.3) is 0 Å². The van der Waals surface area contributed by atoms with Crippen LogP contribution in [0.2, 0.25) is 0 Å². The lowest BCUT2D eigenvalue weighted by Gasteiger charge is -2.48. The first-order chi connectivity index (χ1) is 8.66. The van der Waals surface area contributed by atoms with Crippen LogP contribution in [0.1, 0.15) is 38.1 Å². The summed E-state index contributed by atoms with van der Waals surface area (Å²) < 4.78 is 0. The maximum Gasteiger partial charge on any atom is 0.245 e. The first-order valence-corrected chi connectivity index (χ1v) is 6.92. The number of hydrogen-bond acceptors (Lipinski definition) is 5. The van der Waals surface area contributed by atoms with Gasteiger partial charge in [-0.1, -0.05) is 13.8 Å². The molecule has 5 heteroatoms. The Bertz CT molecular complexity index is 449. The van der Waals surface area contributed by atoms with Gasteiger partial charge < -0.3 is 10.6 Å². The first kappa shape index (κ1) is 11.8. The zero-order valence-corrected chi connectivity index (χ0v) is 11.2. The standard InChI is InChI=1S/C13H21N5/c1-3-10-11(4-2)16-17-12(15-10)18-7-13(14,8-18)9-5-6-9/h9H,3-8,14H2,1-2H3. The van der Waals surface area contributed by atoms with Crippen LogP contribution in [0, 0.1) is 5.92 Å². The summed E-state index contributed by atoms with van der Waals surface area (Å²) in [5, 5.41) is 8.52. The number of nitrogens with two attached hydrogens (primary N) is 1. The topological polar surface area (TPSA) is 67.9 Å². The van der Waals surface area contributed by atoms with Gasteiger partial charge in [-0.25, -0.2) is 4.98 Å². The number of nitrogens with zero attached hydrogens (tertiary/aromatic N) is 4. The highest BCUT2D eigenvalue weighted by atomic mass is 15.4. The van der Waals surface area contributed by atoms with Gasteiger partial charge in [-0.3, -0.25) is 0 Å². The van der Waals surface area contributed by atoms with Crippen LogP contribution < -0.4 is 10.6 Å². The molecule has 0 aromatic carbocycles. The van der Waals surface area contributed by atoms with E-state index in [1.54, 1.807) is 0 Å². The fraction of sp³-hybridized carbons (Fsp3) is 0.769. The molecule has 2 aliphatic rings. The molecule has 0 atom stereocenters. The van der Waals surface area contributed by atoms with E-state index in [2.05, 4.69) is 33.9 Å². The lowest BCUT2D eigenvalue weighted by molar-refractivity contribution is 0.286. The van der Waals surface area contributed by atoms with Crippen LogP contribution in [0.4, 0.5) is 5.95 Å². The van der Waals surface area contributed by atoms with Gasteiger partial charge in [-0.15, -0.1) is 5.10 Å². The van der Waals surface area contributed by atoms with Crippen molar-refractivity contribution in [2.75, 3.05) is 18.0 Å². The number of aryl methyl sites for hydroxylation is 2. The average molecular weight is 247 g/mol. The van der Waals surface area contributed by atoms with Crippen molar-refractivity contribution in [3.05, 3.63) is 11.4 Å². The summed E-state index contributed by atoms with van der Waals surface area (Å²) in [7, 11) is 0. The van der Waals surface area contributed by atoms with Crippen molar-refractivity contribution in [3.63, 3.8) is 0 Å². The molecule has 0 unspecified atom stereocenters. The van der Waals surface area contributed by atoms with Crippen LogP contribution in [0.5, 0.6) is 0 Å². The van der Waals surface area contributed by atoms with Crippen molar-refractivity contribution in [1.29, 1.82) is 0 Å². The van der Waals surface area contributed by atoms with E-state index in [4.69, 9.17) is 5.73 Å². The smallest absolute Gasteiger partial charge is 0.245 e. The van der Waals surface area contributed by atoms with E-state index in [-0.39, 0.29) is 5.54 Å². The molecule has 2 N–H and O–H groups in total. The number of aromatic nitrogens is 3. The number of hydrogen-bond donors (Lipinski definition) is 1. The minimum absolute atomic E-state index is 0.0131.